The van der Waals surface area contributed by atoms with E-state index >= 15 is 0 Å². The van der Waals surface area contributed by atoms with Gasteiger partial charge in [0.1, 0.15) is 5.71 Å². The number of hydrogen-bond donors (Lipinski definition) is 1. The lowest BCUT2D eigenvalue weighted by Gasteiger charge is -2.29. The smallest absolute Gasteiger partial charge is 0.267 e. The predicted molar refractivity (Wildman–Crippen MR) is 66.3 cm³/mol. The lowest BCUT2D eigenvalue weighted by molar-refractivity contribution is -0.147. The van der Waals surface area contributed by atoms with Crippen LogP contribution in [0.1, 0.15) is 29.7 Å². The van der Waals surface area contributed by atoms with E-state index in [-0.39, 0.29) is 5.91 Å². The fraction of sp³-hybridized carbons (Fsp3) is 0.500. The van der Waals surface area contributed by atoms with Crippen LogP contribution in [0.2, 0.25) is 0 Å². The van der Waals surface area contributed by atoms with Crippen LogP contribution >= 0.6 is 11.3 Å². The van der Waals surface area contributed by atoms with Gasteiger partial charge in [-0.15, -0.1) is 11.3 Å². The number of hydrogen-bond acceptors (Lipinski definition) is 4. The van der Waals surface area contributed by atoms with Crippen molar-refractivity contribution in [2.75, 3.05) is 6.54 Å². The first-order chi connectivity index (χ1) is 8.21. The maximum Gasteiger partial charge on any atom is 0.267 e. The average Bonchev–Trinajstić information content (AvgIpc) is 2.90. The maximum atomic E-state index is 11.9. The molecule has 0 radical (unpaired) electrons. The molecule has 1 atom stereocenters. The summed E-state index contributed by atoms with van der Waals surface area (Å²) < 4.78 is 0. The number of rotatable bonds is 1. The highest BCUT2D eigenvalue weighted by Crippen LogP contribution is 2.35. The van der Waals surface area contributed by atoms with Gasteiger partial charge in [-0.3, -0.25) is 4.79 Å². The Balaban J connectivity index is 1.85. The molecule has 1 fully saturated rings. The zero-order valence-corrected chi connectivity index (χ0v) is 10.5. The second-order valence-corrected chi connectivity index (χ2v) is 5.51. The number of nitrogens with one attached hydrogen (secondary N) is 1. The summed E-state index contributed by atoms with van der Waals surface area (Å²) in [6, 6.07) is 2.06. The summed E-state index contributed by atoms with van der Waals surface area (Å²) in [5, 5.41) is 9.03. The van der Waals surface area contributed by atoms with Crippen LogP contribution in [0.15, 0.2) is 16.6 Å². The van der Waals surface area contributed by atoms with Crippen LogP contribution in [-0.2, 0) is 9.63 Å². The van der Waals surface area contributed by atoms with Crippen LogP contribution in [0.4, 0.5) is 0 Å². The van der Waals surface area contributed by atoms with E-state index in [2.05, 4.69) is 23.5 Å². The standard InChI is InChI=1S/C12H14N2O2S/c1-8-3-6-17-10(8)9-7-12(16-14-9)4-2-5-13-11(12)15/h3,6H,2,4-5,7H2,1H3,(H,13,15). The minimum Gasteiger partial charge on any atom is -0.378 e. The van der Waals surface area contributed by atoms with Gasteiger partial charge in [-0.1, -0.05) is 5.16 Å². The molecule has 2 aliphatic rings. The molecule has 1 aromatic rings. The Kier molecular flexibility index (Phi) is 2.43. The molecule has 90 valence electrons. The summed E-state index contributed by atoms with van der Waals surface area (Å²) >= 11 is 1.65. The van der Waals surface area contributed by atoms with Gasteiger partial charge in [0.25, 0.3) is 5.91 Å². The quantitative estimate of drug-likeness (QED) is 0.826. The molecule has 1 saturated heterocycles. The molecule has 0 saturated carbocycles. The zero-order valence-electron chi connectivity index (χ0n) is 9.66. The molecule has 3 rings (SSSR count). The van der Waals surface area contributed by atoms with Gasteiger partial charge < -0.3 is 10.2 Å². The average molecular weight is 250 g/mol. The van der Waals surface area contributed by atoms with Gasteiger partial charge in [-0.25, -0.2) is 0 Å². The number of nitrogens with zero attached hydrogens (tertiary/aromatic N) is 1. The second-order valence-electron chi connectivity index (χ2n) is 4.59. The lowest BCUT2D eigenvalue weighted by atomic mass is 9.88. The summed E-state index contributed by atoms with van der Waals surface area (Å²) in [7, 11) is 0. The van der Waals surface area contributed by atoms with E-state index in [1.165, 1.54) is 5.56 Å². The topological polar surface area (TPSA) is 50.7 Å². The van der Waals surface area contributed by atoms with Gasteiger partial charge in [0.05, 0.1) is 4.88 Å². The summed E-state index contributed by atoms with van der Waals surface area (Å²) in [5.74, 6) is -0.0169. The molecule has 2 aliphatic heterocycles. The van der Waals surface area contributed by atoms with E-state index in [9.17, 15) is 4.79 Å². The number of oxime groups is 1. The minimum atomic E-state index is -0.732. The molecule has 5 heteroatoms. The van der Waals surface area contributed by atoms with Crippen LogP contribution in [0, 0.1) is 6.92 Å². The Labute approximate surface area is 104 Å². The van der Waals surface area contributed by atoms with E-state index in [4.69, 9.17) is 4.84 Å². The van der Waals surface area contributed by atoms with Crippen LogP contribution in [0.25, 0.3) is 0 Å². The van der Waals surface area contributed by atoms with E-state index in [1.54, 1.807) is 11.3 Å². The summed E-state index contributed by atoms with van der Waals surface area (Å²) in [4.78, 5) is 18.5. The Morgan fingerprint density at radius 3 is 3.18 bits per heavy atom. The Morgan fingerprint density at radius 2 is 2.47 bits per heavy atom. The largest absolute Gasteiger partial charge is 0.378 e. The number of carbonyl (C=O) groups is 1. The van der Waals surface area contributed by atoms with E-state index in [0.717, 1.165) is 30.0 Å². The van der Waals surface area contributed by atoms with Crippen molar-refractivity contribution in [2.45, 2.75) is 31.8 Å². The number of amides is 1. The Morgan fingerprint density at radius 1 is 1.59 bits per heavy atom. The van der Waals surface area contributed by atoms with Crippen molar-refractivity contribution >= 4 is 23.0 Å². The fourth-order valence-corrected chi connectivity index (χ4v) is 3.28. The normalized spacial score (nSPS) is 27.8. The van der Waals surface area contributed by atoms with Gasteiger partial charge in [0, 0.05) is 19.4 Å². The van der Waals surface area contributed by atoms with Crippen molar-refractivity contribution in [3.63, 3.8) is 0 Å². The van der Waals surface area contributed by atoms with Crippen LogP contribution in [-0.4, -0.2) is 23.8 Å². The Bertz CT molecular complexity index is 494. The van der Waals surface area contributed by atoms with E-state index in [1.807, 2.05) is 5.38 Å². The van der Waals surface area contributed by atoms with E-state index < -0.39 is 5.60 Å². The highest BCUT2D eigenvalue weighted by Gasteiger charge is 2.48. The third-order valence-corrected chi connectivity index (χ3v) is 4.43. The molecule has 1 aromatic heterocycles. The van der Waals surface area contributed by atoms with Gasteiger partial charge in [0.2, 0.25) is 5.60 Å². The lowest BCUT2D eigenvalue weighted by Crippen LogP contribution is -2.51. The van der Waals surface area contributed by atoms with Gasteiger partial charge in [-0.2, -0.15) is 0 Å². The van der Waals surface area contributed by atoms with Gasteiger partial charge in [-0.05, 0) is 30.4 Å². The molecule has 0 aromatic carbocycles. The third kappa shape index (κ3) is 1.65. The van der Waals surface area contributed by atoms with E-state index in [0.29, 0.717) is 6.42 Å². The molecule has 4 nitrogen and oxygen atoms in total. The summed E-state index contributed by atoms with van der Waals surface area (Å²) in [6.45, 7) is 2.80. The van der Waals surface area contributed by atoms with Crippen molar-refractivity contribution in [1.29, 1.82) is 0 Å². The molecule has 1 unspecified atom stereocenters. The second kappa shape index (κ2) is 3.84. The molecular weight excluding hydrogens is 236 g/mol. The van der Waals surface area contributed by atoms with Crippen molar-refractivity contribution in [2.24, 2.45) is 5.16 Å². The third-order valence-electron chi connectivity index (χ3n) is 3.36. The molecule has 3 heterocycles. The first kappa shape index (κ1) is 10.8. The number of carbonyl (C=O) groups excluding carboxylic acids is 1. The molecule has 1 spiro atoms. The summed E-state index contributed by atoms with van der Waals surface area (Å²) in [6.07, 6.45) is 2.31. The molecule has 0 aliphatic carbocycles. The van der Waals surface area contributed by atoms with Gasteiger partial charge >= 0.3 is 0 Å². The number of thiophene rings is 1. The van der Waals surface area contributed by atoms with Crippen LogP contribution in [0.5, 0.6) is 0 Å². The number of aryl methyl sites for hydroxylation is 1. The number of piperidine rings is 1. The molecule has 17 heavy (non-hydrogen) atoms. The summed E-state index contributed by atoms with van der Waals surface area (Å²) in [5.41, 5.74) is 1.38. The molecule has 1 N–H and O–H groups in total. The zero-order chi connectivity index (χ0) is 11.9. The molecule has 1 amide bonds. The van der Waals surface area contributed by atoms with Crippen molar-refractivity contribution in [3.05, 3.63) is 21.9 Å². The monoisotopic (exact) mass is 250 g/mol. The first-order valence-corrected chi connectivity index (χ1v) is 6.67. The SMILES string of the molecule is Cc1ccsc1C1=NOC2(CCCNC2=O)C1. The molecular formula is C12H14N2O2S. The van der Waals surface area contributed by atoms with Crippen molar-refractivity contribution in [3.8, 4) is 0 Å². The van der Waals surface area contributed by atoms with Crippen molar-refractivity contribution in [1.82, 2.24) is 5.32 Å². The highest BCUT2D eigenvalue weighted by atomic mass is 32.1. The van der Waals surface area contributed by atoms with Crippen LogP contribution < -0.4 is 5.32 Å². The highest BCUT2D eigenvalue weighted by molar-refractivity contribution is 7.12. The van der Waals surface area contributed by atoms with Crippen molar-refractivity contribution < 1.29 is 9.63 Å². The Hall–Kier alpha value is -1.36. The first-order valence-electron chi connectivity index (χ1n) is 5.79. The maximum absolute atomic E-state index is 11.9. The van der Waals surface area contributed by atoms with Gasteiger partial charge in [0.15, 0.2) is 0 Å². The fourth-order valence-electron chi connectivity index (χ4n) is 2.37. The molecule has 0 bridgehead atoms. The van der Waals surface area contributed by atoms with Crippen LogP contribution in [0.3, 0.4) is 0 Å². The predicted octanol–water partition coefficient (Wildman–Crippen LogP) is 1.83. The minimum absolute atomic E-state index is 0.0169.